The summed E-state index contributed by atoms with van der Waals surface area (Å²) in [5.41, 5.74) is 4.93. The highest BCUT2D eigenvalue weighted by atomic mass is 16.5. The molecule has 0 radical (unpaired) electrons. The Morgan fingerprint density at radius 3 is 2.48 bits per heavy atom. The van der Waals surface area contributed by atoms with Gasteiger partial charge in [0.05, 0.1) is 7.11 Å². The number of hydrogen-bond acceptors (Lipinski definition) is 2. The summed E-state index contributed by atoms with van der Waals surface area (Å²) in [7, 11) is 1.68. The first-order chi connectivity index (χ1) is 10.1. The minimum Gasteiger partial charge on any atom is -0.497 e. The van der Waals surface area contributed by atoms with E-state index < -0.39 is 0 Å². The van der Waals surface area contributed by atoms with Gasteiger partial charge in [-0.25, -0.2) is 0 Å². The van der Waals surface area contributed by atoms with Crippen LogP contribution < -0.4 is 4.74 Å². The van der Waals surface area contributed by atoms with E-state index in [-0.39, 0.29) is 0 Å². The Balaban J connectivity index is 1.99. The molecule has 1 atom stereocenters. The van der Waals surface area contributed by atoms with Crippen LogP contribution in [0.25, 0.3) is 5.69 Å². The number of nitrogens with zero attached hydrogens (tertiary/aromatic N) is 1. The average Bonchev–Trinajstić information content (AvgIpc) is 3.03. The molecule has 1 aromatic carbocycles. The molecule has 1 aliphatic rings. The summed E-state index contributed by atoms with van der Waals surface area (Å²) in [5.74, 6) is 1.66. The molecule has 1 fully saturated rings. The van der Waals surface area contributed by atoms with Crippen molar-refractivity contribution < 1.29 is 9.53 Å². The smallest absolute Gasteiger partial charge is 0.133 e. The van der Waals surface area contributed by atoms with Gasteiger partial charge in [-0.1, -0.05) is 0 Å². The Bertz CT molecular complexity index is 667. The second-order valence-electron chi connectivity index (χ2n) is 5.84. The number of rotatable bonds is 3. The molecule has 0 N–H and O–H groups in total. The molecule has 0 spiro atoms. The Morgan fingerprint density at radius 2 is 1.90 bits per heavy atom. The van der Waals surface area contributed by atoms with Crippen LogP contribution in [0.3, 0.4) is 0 Å². The van der Waals surface area contributed by atoms with E-state index in [0.717, 1.165) is 24.3 Å². The first-order valence-corrected chi connectivity index (χ1v) is 7.45. The SMILES string of the molecule is COc1ccc(-n2c(C)cc(C3CCC(=O)C3)c2C)cc1. The zero-order chi connectivity index (χ0) is 15.0. The fourth-order valence-electron chi connectivity index (χ4n) is 3.41. The van der Waals surface area contributed by atoms with Gasteiger partial charge < -0.3 is 9.30 Å². The predicted molar refractivity (Wildman–Crippen MR) is 83.4 cm³/mol. The van der Waals surface area contributed by atoms with Crippen LogP contribution in [0, 0.1) is 13.8 Å². The normalized spacial score (nSPS) is 18.2. The van der Waals surface area contributed by atoms with Crippen LogP contribution in [-0.4, -0.2) is 17.5 Å². The molecule has 1 saturated carbocycles. The van der Waals surface area contributed by atoms with Crippen molar-refractivity contribution in [2.24, 2.45) is 0 Å². The van der Waals surface area contributed by atoms with Crippen LogP contribution in [-0.2, 0) is 4.79 Å². The van der Waals surface area contributed by atoms with Crippen molar-refractivity contribution in [3.05, 3.63) is 47.3 Å². The molecule has 3 nitrogen and oxygen atoms in total. The van der Waals surface area contributed by atoms with Crippen molar-refractivity contribution >= 4 is 5.78 Å². The Kier molecular flexibility index (Phi) is 3.58. The fourth-order valence-corrected chi connectivity index (χ4v) is 3.41. The molecule has 3 heteroatoms. The van der Waals surface area contributed by atoms with Crippen LogP contribution in [0.5, 0.6) is 5.75 Å². The first kappa shape index (κ1) is 13.9. The van der Waals surface area contributed by atoms with Gasteiger partial charge in [-0.2, -0.15) is 0 Å². The number of ether oxygens (including phenoxy) is 1. The monoisotopic (exact) mass is 283 g/mol. The molecular weight excluding hydrogens is 262 g/mol. The summed E-state index contributed by atoms with van der Waals surface area (Å²) in [6.07, 6.45) is 2.43. The number of hydrogen-bond donors (Lipinski definition) is 0. The zero-order valence-corrected chi connectivity index (χ0v) is 12.8. The molecule has 110 valence electrons. The van der Waals surface area contributed by atoms with E-state index in [4.69, 9.17) is 4.74 Å². The summed E-state index contributed by atoms with van der Waals surface area (Å²) in [6.45, 7) is 4.27. The molecule has 1 unspecified atom stereocenters. The van der Waals surface area contributed by atoms with Crippen LogP contribution in [0.1, 0.15) is 42.1 Å². The third-order valence-corrected chi connectivity index (χ3v) is 4.49. The molecular formula is C18H21NO2. The molecule has 0 bridgehead atoms. The number of carbonyl (C=O) groups is 1. The van der Waals surface area contributed by atoms with Crippen molar-refractivity contribution in [3.63, 3.8) is 0 Å². The molecule has 0 aliphatic heterocycles. The van der Waals surface area contributed by atoms with Crippen molar-refractivity contribution in [1.29, 1.82) is 0 Å². The van der Waals surface area contributed by atoms with Crippen molar-refractivity contribution in [2.45, 2.75) is 39.0 Å². The van der Waals surface area contributed by atoms with Crippen molar-refractivity contribution in [2.75, 3.05) is 7.11 Å². The fraction of sp³-hybridized carbons (Fsp3) is 0.389. The van der Waals surface area contributed by atoms with E-state index in [0.29, 0.717) is 18.1 Å². The largest absolute Gasteiger partial charge is 0.497 e. The maximum atomic E-state index is 11.5. The summed E-state index contributed by atoms with van der Waals surface area (Å²) < 4.78 is 7.48. The van der Waals surface area contributed by atoms with Gasteiger partial charge in [0, 0.05) is 29.9 Å². The van der Waals surface area contributed by atoms with E-state index in [1.165, 1.54) is 17.0 Å². The average molecular weight is 283 g/mol. The maximum absolute atomic E-state index is 11.5. The van der Waals surface area contributed by atoms with Gasteiger partial charge in [-0.3, -0.25) is 4.79 Å². The van der Waals surface area contributed by atoms with E-state index in [2.05, 4.69) is 36.6 Å². The topological polar surface area (TPSA) is 31.2 Å². The summed E-state index contributed by atoms with van der Waals surface area (Å²) in [5, 5.41) is 0. The van der Waals surface area contributed by atoms with E-state index >= 15 is 0 Å². The third kappa shape index (κ3) is 2.48. The lowest BCUT2D eigenvalue weighted by Crippen LogP contribution is -2.01. The van der Waals surface area contributed by atoms with Crippen LogP contribution in [0.2, 0.25) is 0 Å². The van der Waals surface area contributed by atoms with Gasteiger partial charge in [0.1, 0.15) is 11.5 Å². The van der Waals surface area contributed by atoms with E-state index in [1.54, 1.807) is 7.11 Å². The molecule has 1 heterocycles. The number of aromatic nitrogens is 1. The third-order valence-electron chi connectivity index (χ3n) is 4.49. The van der Waals surface area contributed by atoms with Crippen LogP contribution in [0.4, 0.5) is 0 Å². The number of methoxy groups -OCH3 is 1. The molecule has 1 aliphatic carbocycles. The first-order valence-electron chi connectivity index (χ1n) is 7.45. The summed E-state index contributed by atoms with van der Waals surface area (Å²) in [4.78, 5) is 11.5. The molecule has 2 aromatic rings. The molecule has 3 rings (SSSR count). The van der Waals surface area contributed by atoms with Gasteiger partial charge in [0.2, 0.25) is 0 Å². The number of Topliss-reactive ketones (excluding diaryl/α,β-unsaturated/α-hetero) is 1. The van der Waals surface area contributed by atoms with Gasteiger partial charge in [-0.05, 0) is 62.1 Å². The van der Waals surface area contributed by atoms with Gasteiger partial charge in [0.15, 0.2) is 0 Å². The minimum absolute atomic E-state index is 0.397. The maximum Gasteiger partial charge on any atom is 0.133 e. The second-order valence-corrected chi connectivity index (χ2v) is 5.84. The Hall–Kier alpha value is -2.03. The lowest BCUT2D eigenvalue weighted by Gasteiger charge is -2.12. The van der Waals surface area contributed by atoms with Crippen molar-refractivity contribution in [3.8, 4) is 11.4 Å². The highest BCUT2D eigenvalue weighted by Crippen LogP contribution is 2.36. The Labute approximate surface area is 125 Å². The molecule has 1 aromatic heterocycles. The van der Waals surface area contributed by atoms with Gasteiger partial charge in [-0.15, -0.1) is 0 Å². The van der Waals surface area contributed by atoms with Crippen molar-refractivity contribution in [1.82, 2.24) is 4.57 Å². The quantitative estimate of drug-likeness (QED) is 0.854. The van der Waals surface area contributed by atoms with Crippen LogP contribution >= 0.6 is 0 Å². The molecule has 21 heavy (non-hydrogen) atoms. The summed E-state index contributed by atoms with van der Waals surface area (Å²) >= 11 is 0. The van der Waals surface area contributed by atoms with E-state index in [9.17, 15) is 4.79 Å². The lowest BCUT2D eigenvalue weighted by molar-refractivity contribution is -0.117. The van der Waals surface area contributed by atoms with E-state index in [1.807, 2.05) is 12.1 Å². The zero-order valence-electron chi connectivity index (χ0n) is 12.8. The van der Waals surface area contributed by atoms with Crippen LogP contribution in [0.15, 0.2) is 30.3 Å². The Morgan fingerprint density at radius 1 is 1.19 bits per heavy atom. The molecule has 0 amide bonds. The number of carbonyl (C=O) groups excluding carboxylic acids is 1. The number of aryl methyl sites for hydroxylation is 1. The standard InChI is InChI=1S/C18H21NO2/c1-12-10-18(14-4-7-16(20)11-14)13(2)19(12)15-5-8-17(21-3)9-6-15/h5-6,8-10,14H,4,7,11H2,1-3H3. The highest BCUT2D eigenvalue weighted by Gasteiger charge is 2.26. The second kappa shape index (κ2) is 5.40. The summed E-state index contributed by atoms with van der Waals surface area (Å²) in [6, 6.07) is 10.3. The highest BCUT2D eigenvalue weighted by molar-refractivity contribution is 5.81. The lowest BCUT2D eigenvalue weighted by atomic mass is 9.98. The number of ketones is 1. The van der Waals surface area contributed by atoms with Gasteiger partial charge >= 0.3 is 0 Å². The predicted octanol–water partition coefficient (Wildman–Crippen LogP) is 3.94. The minimum atomic E-state index is 0.397. The molecule has 0 saturated heterocycles. The number of benzene rings is 1. The van der Waals surface area contributed by atoms with Gasteiger partial charge in [0.25, 0.3) is 0 Å².